The van der Waals surface area contributed by atoms with Crippen LogP contribution in [0.15, 0.2) is 146 Å². The summed E-state index contributed by atoms with van der Waals surface area (Å²) >= 11 is 0. The molecule has 0 aromatic heterocycles. The lowest BCUT2D eigenvalue weighted by Gasteiger charge is -2.39. The van der Waals surface area contributed by atoms with Crippen LogP contribution in [0.5, 0.6) is 0 Å². The monoisotopic (exact) mass is 623 g/mol. The maximum absolute atomic E-state index is 9.58. The van der Waals surface area contributed by atoms with Crippen LogP contribution in [0.4, 0.5) is 11.4 Å². The Bertz CT molecular complexity index is 2150. The van der Waals surface area contributed by atoms with Crippen LogP contribution >= 0.6 is 0 Å². The normalized spacial score (nSPS) is 19.1. The van der Waals surface area contributed by atoms with Gasteiger partial charge >= 0.3 is 0 Å². The zero-order valence-corrected chi connectivity index (χ0v) is 27.0. The fourth-order valence-corrected chi connectivity index (χ4v) is 7.31. The lowest BCUT2D eigenvalue weighted by atomic mass is 9.82. The molecule has 8 rings (SSSR count). The largest absolute Gasteiger partial charge is 0.355 e. The number of nitrogens with one attached hydrogen (secondary N) is 4. The van der Waals surface area contributed by atoms with E-state index in [9.17, 15) is 5.26 Å². The van der Waals surface area contributed by atoms with Crippen LogP contribution in [-0.4, -0.2) is 0 Å². The fraction of sp³-hybridized carbons (Fsp3) is 0.140. The molecule has 1 fully saturated rings. The number of anilines is 2. The summed E-state index contributed by atoms with van der Waals surface area (Å²) in [5.41, 5.74) is 13.6. The molecule has 6 aromatic rings. The van der Waals surface area contributed by atoms with Crippen LogP contribution in [-0.2, 0) is 5.41 Å². The molecule has 234 valence electrons. The molecule has 5 heteroatoms. The van der Waals surface area contributed by atoms with Crippen LogP contribution in [0, 0.1) is 11.3 Å². The molecule has 0 amide bonds. The molecule has 5 nitrogen and oxygen atoms in total. The average molecular weight is 624 g/mol. The van der Waals surface area contributed by atoms with Crippen molar-refractivity contribution >= 4 is 11.4 Å². The highest BCUT2D eigenvalue weighted by atomic mass is 15.4. The Morgan fingerprint density at radius 3 is 1.88 bits per heavy atom. The summed E-state index contributed by atoms with van der Waals surface area (Å²) < 4.78 is 0. The van der Waals surface area contributed by atoms with E-state index < -0.39 is 0 Å². The van der Waals surface area contributed by atoms with Crippen LogP contribution in [0.2, 0.25) is 0 Å². The van der Waals surface area contributed by atoms with Crippen LogP contribution in [0.3, 0.4) is 0 Å². The lowest BCUT2D eigenvalue weighted by molar-refractivity contribution is 0.203. The average Bonchev–Trinajstić information content (AvgIpc) is 3.37. The molecule has 0 bridgehead atoms. The number of rotatable bonds is 6. The topological polar surface area (TPSA) is 71.9 Å². The molecule has 6 aromatic carbocycles. The zero-order valence-electron chi connectivity index (χ0n) is 27.0. The first-order chi connectivity index (χ1) is 23.5. The predicted molar refractivity (Wildman–Crippen MR) is 194 cm³/mol. The van der Waals surface area contributed by atoms with Gasteiger partial charge in [-0.1, -0.05) is 123 Å². The van der Waals surface area contributed by atoms with Crippen LogP contribution in [0.1, 0.15) is 65.7 Å². The number of nitriles is 1. The quantitative estimate of drug-likeness (QED) is 0.149. The first-order valence-corrected chi connectivity index (χ1v) is 16.5. The number of benzene rings is 6. The second-order valence-electron chi connectivity index (χ2n) is 13.2. The molecule has 3 atom stereocenters. The van der Waals surface area contributed by atoms with Gasteiger partial charge in [0.15, 0.2) is 0 Å². The Morgan fingerprint density at radius 2 is 1.15 bits per heavy atom. The third-order valence-electron chi connectivity index (χ3n) is 9.79. The molecule has 1 heterocycles. The smallest absolute Gasteiger partial charge is 0.0991 e. The van der Waals surface area contributed by atoms with Gasteiger partial charge in [-0.05, 0) is 80.9 Å². The number of nitrogens with zero attached hydrogens (tertiary/aromatic N) is 1. The molecule has 4 N–H and O–H groups in total. The van der Waals surface area contributed by atoms with E-state index >= 15 is 0 Å². The third-order valence-corrected chi connectivity index (χ3v) is 9.79. The molecule has 1 aliphatic carbocycles. The van der Waals surface area contributed by atoms with Crippen molar-refractivity contribution in [2.75, 3.05) is 5.32 Å². The highest BCUT2D eigenvalue weighted by Gasteiger charge is 2.36. The van der Waals surface area contributed by atoms with E-state index in [0.717, 1.165) is 28.1 Å². The minimum atomic E-state index is -0.170. The number of hydrogen-bond acceptors (Lipinski definition) is 5. The SMILES string of the molecule is CC1(C)c2ccccc2-c2cc(-c3ccccc3)c(Nc3cccc(C4NC(c5cccc(C#N)c5)N[C@H](c5ccccc5)N4)c3)cc21. The molecule has 0 radical (unpaired) electrons. The maximum Gasteiger partial charge on any atom is 0.0991 e. The van der Waals surface area contributed by atoms with E-state index in [2.05, 4.69) is 163 Å². The summed E-state index contributed by atoms with van der Waals surface area (Å²) in [5.74, 6) is 0. The van der Waals surface area contributed by atoms with E-state index in [4.69, 9.17) is 0 Å². The summed E-state index contributed by atoms with van der Waals surface area (Å²) in [6, 6.07) is 53.3. The minimum absolute atomic E-state index is 0.102. The van der Waals surface area contributed by atoms with Crippen LogP contribution < -0.4 is 21.3 Å². The predicted octanol–water partition coefficient (Wildman–Crippen LogP) is 9.45. The third kappa shape index (κ3) is 5.46. The first-order valence-electron chi connectivity index (χ1n) is 16.5. The van der Waals surface area contributed by atoms with Crippen molar-refractivity contribution in [1.29, 1.82) is 5.26 Å². The van der Waals surface area contributed by atoms with Gasteiger partial charge in [-0.2, -0.15) is 5.26 Å². The molecule has 48 heavy (non-hydrogen) atoms. The van der Waals surface area contributed by atoms with Gasteiger partial charge in [0.25, 0.3) is 0 Å². The van der Waals surface area contributed by atoms with Crippen molar-refractivity contribution in [2.24, 2.45) is 0 Å². The van der Waals surface area contributed by atoms with Crippen molar-refractivity contribution in [3.63, 3.8) is 0 Å². The molecule has 2 unspecified atom stereocenters. The van der Waals surface area contributed by atoms with Gasteiger partial charge in [-0.25, -0.2) is 0 Å². The van der Waals surface area contributed by atoms with E-state index in [1.165, 1.54) is 33.4 Å². The number of hydrogen-bond donors (Lipinski definition) is 4. The molecule has 0 spiro atoms. The second kappa shape index (κ2) is 12.3. The Morgan fingerprint density at radius 1 is 0.542 bits per heavy atom. The van der Waals surface area contributed by atoms with Crippen molar-refractivity contribution in [2.45, 2.75) is 37.8 Å². The summed E-state index contributed by atoms with van der Waals surface area (Å²) in [6.45, 7) is 4.65. The van der Waals surface area contributed by atoms with Crippen molar-refractivity contribution in [1.82, 2.24) is 16.0 Å². The highest BCUT2D eigenvalue weighted by molar-refractivity contribution is 5.91. The van der Waals surface area contributed by atoms with Gasteiger partial charge in [0, 0.05) is 22.4 Å². The molecular weight excluding hydrogens is 587 g/mol. The zero-order chi connectivity index (χ0) is 32.7. The summed E-state index contributed by atoms with van der Waals surface area (Å²) in [6.07, 6.45) is -0.428. The molecule has 0 saturated carbocycles. The Hall–Kier alpha value is -5.51. The lowest BCUT2D eigenvalue weighted by Crippen LogP contribution is -2.54. The van der Waals surface area contributed by atoms with Gasteiger partial charge in [0.05, 0.1) is 30.1 Å². The van der Waals surface area contributed by atoms with Gasteiger partial charge in [-0.15, -0.1) is 0 Å². The second-order valence-corrected chi connectivity index (χ2v) is 13.2. The standard InChI is InChI=1S/C43H37N5/c1-43(2)37-22-10-9-21-34(37)36-25-35(29-14-5-3-6-15-29)39(26-38(36)43)45-33-20-12-19-32(24-33)42-47-40(30-16-7-4-8-17-30)46-41(48-42)31-18-11-13-28(23-31)27-44/h3-26,40-42,45-48H,1-2H3/t40-,41?,42?/m0/s1. The van der Waals surface area contributed by atoms with E-state index in [0.29, 0.717) is 5.56 Å². The molecule has 2 aliphatic rings. The van der Waals surface area contributed by atoms with Crippen molar-refractivity contribution in [3.8, 4) is 28.3 Å². The van der Waals surface area contributed by atoms with Gasteiger partial charge in [0.1, 0.15) is 0 Å². The number of fused-ring (bicyclic) bond motifs is 3. The van der Waals surface area contributed by atoms with Gasteiger partial charge in [-0.3, -0.25) is 16.0 Å². The molecule has 1 aliphatic heterocycles. The van der Waals surface area contributed by atoms with Gasteiger partial charge < -0.3 is 5.32 Å². The summed E-state index contributed by atoms with van der Waals surface area (Å²) in [7, 11) is 0. The summed E-state index contributed by atoms with van der Waals surface area (Å²) in [5, 5.41) is 24.7. The first kappa shape index (κ1) is 29.9. The van der Waals surface area contributed by atoms with E-state index in [1.807, 2.05) is 24.3 Å². The van der Waals surface area contributed by atoms with Gasteiger partial charge in [0.2, 0.25) is 0 Å². The maximum atomic E-state index is 9.58. The van der Waals surface area contributed by atoms with E-state index in [-0.39, 0.29) is 23.9 Å². The highest BCUT2D eigenvalue weighted by Crippen LogP contribution is 2.51. The Labute approximate surface area is 282 Å². The Kier molecular flexibility index (Phi) is 7.63. The van der Waals surface area contributed by atoms with Crippen molar-refractivity contribution in [3.05, 3.63) is 179 Å². The van der Waals surface area contributed by atoms with Crippen molar-refractivity contribution < 1.29 is 0 Å². The minimum Gasteiger partial charge on any atom is -0.355 e. The summed E-state index contributed by atoms with van der Waals surface area (Å²) in [4.78, 5) is 0. The molecular formula is C43H37N5. The fourth-order valence-electron chi connectivity index (χ4n) is 7.31. The Balaban J connectivity index is 1.16. The van der Waals surface area contributed by atoms with Crippen LogP contribution in [0.25, 0.3) is 22.3 Å². The van der Waals surface area contributed by atoms with E-state index in [1.54, 1.807) is 0 Å². The molecule has 1 saturated heterocycles.